The summed E-state index contributed by atoms with van der Waals surface area (Å²) in [5.74, 6) is -0.990. The minimum Gasteiger partial charge on any atom is -0.408 e. The number of nitrogens with one attached hydrogen (secondary N) is 3. The van der Waals surface area contributed by atoms with Gasteiger partial charge in [-0.05, 0) is 29.8 Å². The molecule has 3 N–H and O–H groups in total. The van der Waals surface area contributed by atoms with Crippen LogP contribution in [0.15, 0.2) is 56.6 Å². The molecule has 3 aromatic rings. The van der Waals surface area contributed by atoms with E-state index in [1.54, 1.807) is 24.3 Å². The van der Waals surface area contributed by atoms with Crippen molar-refractivity contribution in [1.29, 1.82) is 5.26 Å². The molecule has 0 bridgehead atoms. The van der Waals surface area contributed by atoms with Crippen molar-refractivity contribution in [3.05, 3.63) is 64.1 Å². The summed E-state index contributed by atoms with van der Waals surface area (Å²) in [6.07, 6.45) is -0.0447. The van der Waals surface area contributed by atoms with Crippen LogP contribution in [0.5, 0.6) is 0 Å². The molecule has 144 valence electrons. The standard InChI is InChI=1S/C18H16N4O5S/c19-10-12-1-3-13(4-2-12)11-20-17(23)7-8-21-28(25,26)14-5-6-15-16(9-14)27-18(24)22-15/h1-6,9,21H,7-8,11H2,(H,20,23)(H,22,24). The van der Waals surface area contributed by atoms with Gasteiger partial charge in [-0.25, -0.2) is 17.9 Å². The Morgan fingerprint density at radius 3 is 2.64 bits per heavy atom. The van der Waals surface area contributed by atoms with E-state index < -0.39 is 15.8 Å². The maximum atomic E-state index is 12.3. The first kappa shape index (κ1) is 19.3. The lowest BCUT2D eigenvalue weighted by Crippen LogP contribution is -2.30. The lowest BCUT2D eigenvalue weighted by Gasteiger charge is -2.08. The van der Waals surface area contributed by atoms with Gasteiger partial charge < -0.3 is 9.73 Å². The van der Waals surface area contributed by atoms with Crippen LogP contribution in [0.25, 0.3) is 11.1 Å². The molecule has 28 heavy (non-hydrogen) atoms. The molecule has 0 fully saturated rings. The van der Waals surface area contributed by atoms with Crippen molar-refractivity contribution in [1.82, 2.24) is 15.0 Å². The number of H-pyrrole nitrogens is 1. The van der Waals surface area contributed by atoms with E-state index >= 15 is 0 Å². The topological polar surface area (TPSA) is 145 Å². The molecule has 2 aromatic carbocycles. The highest BCUT2D eigenvalue weighted by Crippen LogP contribution is 2.16. The third kappa shape index (κ3) is 4.64. The van der Waals surface area contributed by atoms with Gasteiger partial charge in [0.1, 0.15) is 0 Å². The van der Waals surface area contributed by atoms with Gasteiger partial charge in [-0.2, -0.15) is 5.26 Å². The molecule has 10 heteroatoms. The lowest BCUT2D eigenvalue weighted by molar-refractivity contribution is -0.121. The maximum Gasteiger partial charge on any atom is 0.417 e. The van der Waals surface area contributed by atoms with Crippen molar-refractivity contribution in [2.75, 3.05) is 6.54 Å². The van der Waals surface area contributed by atoms with Crippen LogP contribution >= 0.6 is 0 Å². The number of oxazole rings is 1. The Balaban J connectivity index is 1.51. The Labute approximate surface area is 160 Å². The van der Waals surface area contributed by atoms with Crippen molar-refractivity contribution in [2.45, 2.75) is 17.9 Å². The van der Waals surface area contributed by atoms with E-state index in [0.717, 1.165) is 5.56 Å². The fraction of sp³-hybridized carbons (Fsp3) is 0.167. The minimum atomic E-state index is -3.85. The van der Waals surface area contributed by atoms with Crippen LogP contribution in [0.3, 0.4) is 0 Å². The van der Waals surface area contributed by atoms with E-state index in [1.807, 2.05) is 6.07 Å². The Kier molecular flexibility index (Phi) is 5.58. The molecule has 1 aromatic heterocycles. The van der Waals surface area contributed by atoms with E-state index in [1.165, 1.54) is 18.2 Å². The van der Waals surface area contributed by atoms with Gasteiger partial charge in [0.15, 0.2) is 5.58 Å². The number of carbonyl (C=O) groups excluding carboxylic acids is 1. The number of carbonyl (C=O) groups is 1. The third-order valence-electron chi connectivity index (χ3n) is 3.92. The number of aromatic nitrogens is 1. The highest BCUT2D eigenvalue weighted by molar-refractivity contribution is 7.89. The fourth-order valence-corrected chi connectivity index (χ4v) is 3.51. The normalized spacial score (nSPS) is 11.2. The SMILES string of the molecule is N#Cc1ccc(CNC(=O)CCNS(=O)(=O)c2ccc3[nH]c(=O)oc3c2)cc1. The molecule has 3 rings (SSSR count). The molecule has 9 nitrogen and oxygen atoms in total. The number of nitrogens with zero attached hydrogens (tertiary/aromatic N) is 1. The summed E-state index contributed by atoms with van der Waals surface area (Å²) in [5, 5.41) is 11.4. The summed E-state index contributed by atoms with van der Waals surface area (Å²) in [6.45, 7) is 0.192. The summed E-state index contributed by atoms with van der Waals surface area (Å²) < 4.78 is 31.8. The summed E-state index contributed by atoms with van der Waals surface area (Å²) >= 11 is 0. The number of hydrogen-bond acceptors (Lipinski definition) is 6. The maximum absolute atomic E-state index is 12.3. The molecule has 0 saturated carbocycles. The van der Waals surface area contributed by atoms with Crippen molar-refractivity contribution in [3.63, 3.8) is 0 Å². The number of amides is 1. The second kappa shape index (κ2) is 8.08. The number of rotatable bonds is 7. The van der Waals surface area contributed by atoms with Gasteiger partial charge in [0, 0.05) is 25.6 Å². The molecule has 0 saturated heterocycles. The zero-order chi connectivity index (χ0) is 20.1. The van der Waals surface area contributed by atoms with Crippen LogP contribution in [-0.4, -0.2) is 25.9 Å². The average molecular weight is 400 g/mol. The zero-order valence-electron chi connectivity index (χ0n) is 14.6. The highest BCUT2D eigenvalue weighted by atomic mass is 32.2. The first-order valence-electron chi connectivity index (χ1n) is 8.26. The molecule has 0 aliphatic rings. The quantitative estimate of drug-likeness (QED) is 0.539. The molecule has 0 spiro atoms. The first-order chi connectivity index (χ1) is 13.4. The van der Waals surface area contributed by atoms with Gasteiger partial charge in [-0.15, -0.1) is 0 Å². The van der Waals surface area contributed by atoms with Crippen molar-refractivity contribution >= 4 is 27.0 Å². The highest BCUT2D eigenvalue weighted by Gasteiger charge is 2.16. The first-order valence-corrected chi connectivity index (χ1v) is 9.74. The third-order valence-corrected chi connectivity index (χ3v) is 5.38. The molecular weight excluding hydrogens is 384 g/mol. The predicted octanol–water partition coefficient (Wildman–Crippen LogP) is 0.978. The second-order valence-electron chi connectivity index (χ2n) is 5.91. The lowest BCUT2D eigenvalue weighted by atomic mass is 10.1. The van der Waals surface area contributed by atoms with E-state index in [2.05, 4.69) is 15.0 Å². The second-order valence-corrected chi connectivity index (χ2v) is 7.67. The van der Waals surface area contributed by atoms with Gasteiger partial charge in [0.25, 0.3) is 0 Å². The molecule has 0 aliphatic heterocycles. The number of aromatic amines is 1. The van der Waals surface area contributed by atoms with Crippen LogP contribution < -0.4 is 15.8 Å². The summed E-state index contributed by atoms with van der Waals surface area (Å²) in [7, 11) is -3.85. The average Bonchev–Trinajstić information content (AvgIpc) is 3.05. The Bertz CT molecular complexity index is 1200. The minimum absolute atomic E-state index is 0.0447. The Hall–Kier alpha value is -3.42. The summed E-state index contributed by atoms with van der Waals surface area (Å²) in [6, 6.07) is 12.8. The number of sulfonamides is 1. The van der Waals surface area contributed by atoms with Crippen LogP contribution in [0.1, 0.15) is 17.5 Å². The summed E-state index contributed by atoms with van der Waals surface area (Å²) in [5.41, 5.74) is 1.88. The molecule has 1 heterocycles. The van der Waals surface area contributed by atoms with E-state index in [-0.39, 0.29) is 35.9 Å². The van der Waals surface area contributed by atoms with Gasteiger partial charge >= 0.3 is 5.76 Å². The van der Waals surface area contributed by atoms with Crippen molar-refractivity contribution < 1.29 is 17.6 Å². The van der Waals surface area contributed by atoms with Gasteiger partial charge in [-0.1, -0.05) is 12.1 Å². The van der Waals surface area contributed by atoms with Crippen molar-refractivity contribution in [3.8, 4) is 6.07 Å². The number of benzene rings is 2. The molecule has 0 aliphatic carbocycles. The molecule has 1 amide bonds. The van der Waals surface area contributed by atoms with Crippen LogP contribution in [0.4, 0.5) is 0 Å². The smallest absolute Gasteiger partial charge is 0.408 e. The van der Waals surface area contributed by atoms with Crippen LogP contribution in [-0.2, 0) is 21.4 Å². The Morgan fingerprint density at radius 1 is 1.18 bits per heavy atom. The van der Waals surface area contributed by atoms with Crippen LogP contribution in [0, 0.1) is 11.3 Å². The zero-order valence-corrected chi connectivity index (χ0v) is 15.4. The van der Waals surface area contributed by atoms with Gasteiger partial charge in [0.2, 0.25) is 15.9 Å². The van der Waals surface area contributed by atoms with Crippen LogP contribution in [0.2, 0.25) is 0 Å². The van der Waals surface area contributed by atoms with E-state index in [0.29, 0.717) is 11.1 Å². The largest absolute Gasteiger partial charge is 0.417 e. The number of nitriles is 1. The monoisotopic (exact) mass is 400 g/mol. The fourth-order valence-electron chi connectivity index (χ4n) is 2.46. The predicted molar refractivity (Wildman–Crippen MR) is 99.6 cm³/mol. The Morgan fingerprint density at radius 2 is 1.93 bits per heavy atom. The van der Waals surface area contributed by atoms with Gasteiger partial charge in [-0.3, -0.25) is 9.78 Å². The number of hydrogen-bond donors (Lipinski definition) is 3. The molecular formula is C18H16N4O5S. The van der Waals surface area contributed by atoms with E-state index in [4.69, 9.17) is 9.68 Å². The summed E-state index contributed by atoms with van der Waals surface area (Å²) in [4.78, 5) is 25.4. The number of fused-ring (bicyclic) bond motifs is 1. The van der Waals surface area contributed by atoms with Crippen molar-refractivity contribution in [2.24, 2.45) is 0 Å². The van der Waals surface area contributed by atoms with E-state index in [9.17, 15) is 18.0 Å². The van der Waals surface area contributed by atoms with Gasteiger partial charge in [0.05, 0.1) is 22.0 Å². The molecule has 0 atom stereocenters. The molecule has 0 unspecified atom stereocenters. The molecule has 0 radical (unpaired) electrons.